The molecule has 2 aromatic rings. The van der Waals surface area contributed by atoms with E-state index >= 15 is 0 Å². The summed E-state index contributed by atoms with van der Waals surface area (Å²) >= 11 is 0. The van der Waals surface area contributed by atoms with E-state index in [1.165, 1.54) is 0 Å². The lowest BCUT2D eigenvalue weighted by atomic mass is 10.1. The van der Waals surface area contributed by atoms with Crippen molar-refractivity contribution >= 4 is 10.0 Å². The second-order valence-corrected chi connectivity index (χ2v) is 6.99. The molecule has 1 aliphatic rings. The first-order chi connectivity index (χ1) is 10.4. The molecule has 3 heterocycles. The maximum absolute atomic E-state index is 12.6. The van der Waals surface area contributed by atoms with E-state index in [1.54, 1.807) is 31.8 Å². The van der Waals surface area contributed by atoms with Gasteiger partial charge in [0.15, 0.2) is 5.76 Å². The van der Waals surface area contributed by atoms with Crippen molar-refractivity contribution in [3.05, 3.63) is 29.4 Å². The van der Waals surface area contributed by atoms with Crippen molar-refractivity contribution in [2.75, 3.05) is 6.61 Å². The Morgan fingerprint density at radius 1 is 1.41 bits per heavy atom. The van der Waals surface area contributed by atoms with Crippen LogP contribution in [-0.2, 0) is 21.8 Å². The van der Waals surface area contributed by atoms with Gasteiger partial charge in [0.25, 0.3) is 0 Å². The molecule has 1 aliphatic heterocycles. The summed E-state index contributed by atoms with van der Waals surface area (Å²) in [5.74, 6) is 0.279. The van der Waals surface area contributed by atoms with Crippen LogP contribution in [0.5, 0.6) is 0 Å². The molecule has 3 rings (SSSR count). The predicted octanol–water partition coefficient (Wildman–Crippen LogP) is 0.833. The largest absolute Gasteiger partial charge is 0.370 e. The number of hydrogen-bond acceptors (Lipinski definition) is 6. The summed E-state index contributed by atoms with van der Waals surface area (Å²) in [5, 5.41) is 7.81. The highest BCUT2D eigenvalue weighted by atomic mass is 32.2. The molecule has 0 bridgehead atoms. The fourth-order valence-corrected chi connectivity index (χ4v) is 4.38. The van der Waals surface area contributed by atoms with Gasteiger partial charge < -0.3 is 9.26 Å². The molecular formula is C13H18N4O4S. The normalized spacial score (nSPS) is 22.3. The second kappa shape index (κ2) is 5.49. The van der Waals surface area contributed by atoms with Crippen LogP contribution >= 0.6 is 0 Å². The van der Waals surface area contributed by atoms with Gasteiger partial charge in [-0.15, -0.1) is 0 Å². The number of aromatic nitrogens is 3. The molecule has 9 heteroatoms. The summed E-state index contributed by atoms with van der Waals surface area (Å²) in [6.07, 6.45) is 1.90. The van der Waals surface area contributed by atoms with Gasteiger partial charge in [-0.2, -0.15) is 5.10 Å². The fraction of sp³-hybridized carbons (Fsp3) is 0.538. The van der Waals surface area contributed by atoms with Crippen LogP contribution in [0.3, 0.4) is 0 Å². The third-order valence-corrected chi connectivity index (χ3v) is 5.52. The highest BCUT2D eigenvalue weighted by molar-refractivity contribution is 7.89. The highest BCUT2D eigenvalue weighted by Gasteiger charge is 2.36. The van der Waals surface area contributed by atoms with Gasteiger partial charge in [-0.3, -0.25) is 4.68 Å². The number of rotatable bonds is 4. The number of sulfonamides is 1. The molecule has 120 valence electrons. The Kier molecular flexibility index (Phi) is 3.79. The van der Waals surface area contributed by atoms with E-state index < -0.39 is 10.0 Å². The van der Waals surface area contributed by atoms with E-state index in [4.69, 9.17) is 9.26 Å². The summed E-state index contributed by atoms with van der Waals surface area (Å²) in [5.41, 5.74) is 1.19. The van der Waals surface area contributed by atoms with Gasteiger partial charge in [0.05, 0.1) is 11.7 Å². The molecule has 1 N–H and O–H groups in total. The van der Waals surface area contributed by atoms with Crippen LogP contribution in [0.25, 0.3) is 0 Å². The standard InChI is InChI=1S/C13H18N4O4S/c1-8-13(9(2)21-15-8)22(18,19)16-10-5-7-20-12(10)11-4-6-14-17(11)3/h4,6,10,12,16H,5,7H2,1-3H3/t10-,12-/m0/s1. The number of nitrogens with one attached hydrogen (secondary N) is 1. The number of aryl methyl sites for hydroxylation is 3. The van der Waals surface area contributed by atoms with Crippen molar-refractivity contribution in [2.45, 2.75) is 37.3 Å². The first-order valence-corrected chi connectivity index (χ1v) is 8.43. The van der Waals surface area contributed by atoms with E-state index in [2.05, 4.69) is 15.0 Å². The van der Waals surface area contributed by atoms with Crippen molar-refractivity contribution in [3.63, 3.8) is 0 Å². The zero-order valence-electron chi connectivity index (χ0n) is 12.6. The van der Waals surface area contributed by atoms with Crippen LogP contribution in [0.4, 0.5) is 0 Å². The molecule has 1 fully saturated rings. The smallest absolute Gasteiger partial charge is 0.246 e. The molecule has 22 heavy (non-hydrogen) atoms. The topological polar surface area (TPSA) is 99.2 Å². The lowest BCUT2D eigenvalue weighted by Crippen LogP contribution is -2.37. The molecule has 1 saturated heterocycles. The summed E-state index contributed by atoms with van der Waals surface area (Å²) in [6, 6.07) is 1.47. The van der Waals surface area contributed by atoms with Gasteiger partial charge in [0.2, 0.25) is 10.0 Å². The number of nitrogens with zero attached hydrogens (tertiary/aromatic N) is 3. The Morgan fingerprint density at radius 2 is 2.18 bits per heavy atom. The van der Waals surface area contributed by atoms with Crippen molar-refractivity contribution in [3.8, 4) is 0 Å². The summed E-state index contributed by atoms with van der Waals surface area (Å²) in [7, 11) is -1.91. The van der Waals surface area contributed by atoms with Crippen LogP contribution in [0.2, 0.25) is 0 Å². The average molecular weight is 326 g/mol. The Hall–Kier alpha value is -1.71. The molecule has 0 aliphatic carbocycles. The maximum atomic E-state index is 12.6. The minimum absolute atomic E-state index is 0.100. The Bertz CT molecular complexity index is 760. The van der Waals surface area contributed by atoms with Gasteiger partial charge >= 0.3 is 0 Å². The average Bonchev–Trinajstić information content (AvgIpc) is 3.11. The lowest BCUT2D eigenvalue weighted by molar-refractivity contribution is 0.0959. The maximum Gasteiger partial charge on any atom is 0.246 e. The lowest BCUT2D eigenvalue weighted by Gasteiger charge is -2.20. The molecule has 0 aromatic carbocycles. The quantitative estimate of drug-likeness (QED) is 0.893. The Labute approximate surface area is 128 Å². The molecule has 2 aromatic heterocycles. The minimum atomic E-state index is -3.71. The van der Waals surface area contributed by atoms with E-state index in [-0.39, 0.29) is 22.8 Å². The van der Waals surface area contributed by atoms with Crippen molar-refractivity contribution in [1.82, 2.24) is 19.7 Å². The van der Waals surface area contributed by atoms with Gasteiger partial charge in [-0.1, -0.05) is 5.16 Å². The summed E-state index contributed by atoms with van der Waals surface area (Å²) < 4.78 is 40.2. The Morgan fingerprint density at radius 3 is 2.77 bits per heavy atom. The van der Waals surface area contributed by atoms with Gasteiger partial charge in [0, 0.05) is 19.9 Å². The highest BCUT2D eigenvalue weighted by Crippen LogP contribution is 2.30. The number of ether oxygens (including phenoxy) is 1. The van der Waals surface area contributed by atoms with Crippen molar-refractivity contribution < 1.29 is 17.7 Å². The third-order valence-electron chi connectivity index (χ3n) is 3.79. The predicted molar refractivity (Wildman–Crippen MR) is 76.6 cm³/mol. The van der Waals surface area contributed by atoms with Gasteiger partial charge in [-0.05, 0) is 26.3 Å². The van der Waals surface area contributed by atoms with Crippen LogP contribution in [0.15, 0.2) is 21.7 Å². The van der Waals surface area contributed by atoms with Crippen molar-refractivity contribution in [2.24, 2.45) is 7.05 Å². The van der Waals surface area contributed by atoms with Crippen LogP contribution in [0.1, 0.15) is 29.7 Å². The van der Waals surface area contributed by atoms with E-state index in [0.717, 1.165) is 5.69 Å². The zero-order valence-corrected chi connectivity index (χ0v) is 13.4. The molecule has 0 spiro atoms. The molecule has 2 atom stereocenters. The summed E-state index contributed by atoms with van der Waals surface area (Å²) in [6.45, 7) is 3.68. The Balaban J connectivity index is 1.87. The first-order valence-electron chi connectivity index (χ1n) is 6.95. The van der Waals surface area contributed by atoms with Crippen LogP contribution < -0.4 is 4.72 Å². The van der Waals surface area contributed by atoms with E-state index in [1.807, 2.05) is 6.07 Å². The van der Waals surface area contributed by atoms with Crippen LogP contribution in [0, 0.1) is 13.8 Å². The van der Waals surface area contributed by atoms with Gasteiger partial charge in [-0.25, -0.2) is 13.1 Å². The molecule has 0 amide bonds. The van der Waals surface area contributed by atoms with E-state index in [0.29, 0.717) is 18.7 Å². The second-order valence-electron chi connectivity index (χ2n) is 5.34. The molecule has 0 radical (unpaired) electrons. The van der Waals surface area contributed by atoms with Crippen molar-refractivity contribution in [1.29, 1.82) is 0 Å². The monoisotopic (exact) mass is 326 g/mol. The zero-order chi connectivity index (χ0) is 15.9. The first kappa shape index (κ1) is 15.2. The summed E-state index contributed by atoms with van der Waals surface area (Å²) in [4.78, 5) is 0.100. The molecular weight excluding hydrogens is 308 g/mol. The van der Waals surface area contributed by atoms with Gasteiger partial charge in [0.1, 0.15) is 16.7 Å². The third kappa shape index (κ3) is 2.55. The molecule has 0 saturated carbocycles. The molecule has 0 unspecified atom stereocenters. The molecule has 8 nitrogen and oxygen atoms in total. The number of hydrogen-bond donors (Lipinski definition) is 1. The minimum Gasteiger partial charge on any atom is -0.370 e. The fourth-order valence-electron chi connectivity index (χ4n) is 2.78. The van der Waals surface area contributed by atoms with E-state index in [9.17, 15) is 8.42 Å². The SMILES string of the molecule is Cc1noc(C)c1S(=O)(=O)N[C@H]1CCO[C@@H]1c1ccnn1C. The van der Waals surface area contributed by atoms with Crippen LogP contribution in [-0.4, -0.2) is 36.0 Å².